The summed E-state index contributed by atoms with van der Waals surface area (Å²) in [5, 5.41) is 13.2. The van der Waals surface area contributed by atoms with Gasteiger partial charge in [-0.15, -0.1) is 0 Å². The van der Waals surface area contributed by atoms with Crippen LogP contribution in [0.15, 0.2) is 48.5 Å². The molecule has 1 heterocycles. The molecule has 0 spiro atoms. The molecule has 7 heteroatoms. The number of aliphatic carboxylic acids is 1. The fraction of sp³-hybridized carbons (Fsp3) is 0.200. The lowest BCUT2D eigenvalue weighted by molar-refractivity contribution is -0.142. The molecule has 2 N–H and O–H groups in total. The van der Waals surface area contributed by atoms with Gasteiger partial charge in [-0.3, -0.25) is 9.59 Å². The van der Waals surface area contributed by atoms with Crippen molar-refractivity contribution in [3.63, 3.8) is 0 Å². The van der Waals surface area contributed by atoms with Gasteiger partial charge in [0.15, 0.2) is 0 Å². The van der Waals surface area contributed by atoms with E-state index in [1.165, 1.54) is 7.11 Å². The van der Waals surface area contributed by atoms with Gasteiger partial charge >= 0.3 is 11.9 Å². The van der Waals surface area contributed by atoms with Crippen molar-refractivity contribution >= 4 is 39.7 Å². The summed E-state index contributed by atoms with van der Waals surface area (Å²) in [5.74, 6) is -2.27. The van der Waals surface area contributed by atoms with E-state index in [1.54, 1.807) is 36.4 Å². The van der Waals surface area contributed by atoms with Crippen LogP contribution in [0, 0.1) is 0 Å². The highest BCUT2D eigenvalue weighted by atomic mass is 16.5. The van der Waals surface area contributed by atoms with Gasteiger partial charge in [0.2, 0.25) is 0 Å². The van der Waals surface area contributed by atoms with Crippen LogP contribution in [0.1, 0.15) is 23.2 Å². The van der Waals surface area contributed by atoms with E-state index in [2.05, 4.69) is 15.0 Å². The van der Waals surface area contributed by atoms with Crippen molar-refractivity contribution in [1.82, 2.24) is 10.3 Å². The van der Waals surface area contributed by atoms with Crippen molar-refractivity contribution in [2.24, 2.45) is 0 Å². The van der Waals surface area contributed by atoms with Crippen LogP contribution in [-0.4, -0.2) is 41.1 Å². The zero-order valence-electron chi connectivity index (χ0n) is 14.6. The van der Waals surface area contributed by atoms with Gasteiger partial charge in [0.25, 0.3) is 5.91 Å². The SMILES string of the molecule is COC(=O)CC[C@@H](NC(=O)c1c2ccccc2nc2ccccc12)C(=O)O. The third-order valence-electron chi connectivity index (χ3n) is 4.28. The van der Waals surface area contributed by atoms with Crippen LogP contribution in [0.5, 0.6) is 0 Å². The third kappa shape index (κ3) is 3.87. The Hall–Kier alpha value is -3.48. The maximum Gasteiger partial charge on any atom is 0.326 e. The molecule has 0 fully saturated rings. The van der Waals surface area contributed by atoms with E-state index < -0.39 is 23.9 Å². The number of carboxylic acids is 1. The van der Waals surface area contributed by atoms with E-state index in [9.17, 15) is 19.5 Å². The summed E-state index contributed by atoms with van der Waals surface area (Å²) in [6.07, 6.45) is -0.166. The number of amides is 1. The molecule has 0 aliphatic carbocycles. The van der Waals surface area contributed by atoms with Crippen LogP contribution in [-0.2, 0) is 14.3 Å². The lowest BCUT2D eigenvalue weighted by Gasteiger charge is -2.16. The Bertz CT molecular complexity index is 977. The van der Waals surface area contributed by atoms with Crippen LogP contribution in [0.4, 0.5) is 0 Å². The monoisotopic (exact) mass is 366 g/mol. The molecule has 2 aromatic carbocycles. The normalized spacial score (nSPS) is 11.9. The standard InChI is InChI=1S/C20H18N2O5/c1-27-17(23)11-10-16(20(25)26)22-19(24)18-12-6-2-4-8-14(12)21-15-9-5-3-7-13(15)18/h2-9,16H,10-11H2,1H3,(H,22,24)(H,25,26)/t16-/m1/s1. The molecule has 1 atom stereocenters. The molecule has 0 bridgehead atoms. The number of benzene rings is 2. The zero-order chi connectivity index (χ0) is 19.4. The third-order valence-corrected chi connectivity index (χ3v) is 4.28. The summed E-state index contributed by atoms with van der Waals surface area (Å²) in [7, 11) is 1.23. The Morgan fingerprint density at radius 1 is 1.04 bits per heavy atom. The van der Waals surface area contributed by atoms with Gasteiger partial charge < -0.3 is 15.2 Å². The number of hydrogen-bond donors (Lipinski definition) is 2. The minimum Gasteiger partial charge on any atom is -0.480 e. The molecule has 0 aliphatic heterocycles. The number of fused-ring (bicyclic) bond motifs is 2. The molecule has 0 saturated heterocycles. The van der Waals surface area contributed by atoms with Crippen molar-refractivity contribution in [1.29, 1.82) is 0 Å². The second-order valence-electron chi connectivity index (χ2n) is 6.00. The number of carboxylic acid groups (broad SMARTS) is 1. The van der Waals surface area contributed by atoms with Crippen LogP contribution >= 0.6 is 0 Å². The number of ether oxygens (including phenoxy) is 1. The van der Waals surface area contributed by atoms with Gasteiger partial charge in [-0.2, -0.15) is 0 Å². The highest BCUT2D eigenvalue weighted by Gasteiger charge is 2.24. The van der Waals surface area contributed by atoms with Crippen molar-refractivity contribution < 1.29 is 24.2 Å². The topological polar surface area (TPSA) is 106 Å². The van der Waals surface area contributed by atoms with Gasteiger partial charge in [0.1, 0.15) is 6.04 Å². The van der Waals surface area contributed by atoms with Crippen LogP contribution in [0.25, 0.3) is 21.8 Å². The fourth-order valence-corrected chi connectivity index (χ4v) is 2.94. The molecule has 0 saturated carbocycles. The van der Waals surface area contributed by atoms with Gasteiger partial charge in [-0.05, 0) is 18.6 Å². The van der Waals surface area contributed by atoms with Crippen LogP contribution < -0.4 is 5.32 Å². The fourth-order valence-electron chi connectivity index (χ4n) is 2.94. The number of carbonyl (C=O) groups is 3. The van der Waals surface area contributed by atoms with Gasteiger partial charge in [0.05, 0.1) is 23.7 Å². The van der Waals surface area contributed by atoms with Crippen molar-refractivity contribution in [3.05, 3.63) is 54.1 Å². The Labute approximate surface area is 155 Å². The molecule has 138 valence electrons. The Morgan fingerprint density at radius 2 is 1.59 bits per heavy atom. The Morgan fingerprint density at radius 3 is 2.11 bits per heavy atom. The number of aromatic nitrogens is 1. The van der Waals surface area contributed by atoms with E-state index >= 15 is 0 Å². The maximum absolute atomic E-state index is 13.0. The molecule has 7 nitrogen and oxygen atoms in total. The number of carbonyl (C=O) groups excluding carboxylic acids is 2. The molecule has 3 aromatic rings. The highest BCUT2D eigenvalue weighted by Crippen LogP contribution is 2.26. The van der Waals surface area contributed by atoms with Crippen LogP contribution in [0.2, 0.25) is 0 Å². The lowest BCUT2D eigenvalue weighted by Crippen LogP contribution is -2.41. The van der Waals surface area contributed by atoms with E-state index in [0.29, 0.717) is 27.4 Å². The first-order chi connectivity index (χ1) is 13.0. The number of nitrogens with zero attached hydrogens (tertiary/aromatic N) is 1. The smallest absolute Gasteiger partial charge is 0.326 e. The minimum absolute atomic E-state index is 0.0608. The van der Waals surface area contributed by atoms with Crippen LogP contribution in [0.3, 0.4) is 0 Å². The first-order valence-corrected chi connectivity index (χ1v) is 8.39. The number of pyridine rings is 1. The number of methoxy groups -OCH3 is 1. The second-order valence-corrected chi connectivity index (χ2v) is 6.00. The molecular weight excluding hydrogens is 348 g/mol. The quantitative estimate of drug-likeness (QED) is 0.513. The zero-order valence-corrected chi connectivity index (χ0v) is 14.6. The average Bonchev–Trinajstić information content (AvgIpc) is 2.68. The second kappa shape index (κ2) is 7.82. The first kappa shape index (κ1) is 18.3. The van der Waals surface area contributed by atoms with Crippen molar-refractivity contribution in [3.8, 4) is 0 Å². The summed E-state index contributed by atoms with van der Waals surface area (Å²) in [6, 6.07) is 13.2. The summed E-state index contributed by atoms with van der Waals surface area (Å²) in [6.45, 7) is 0. The lowest BCUT2D eigenvalue weighted by atomic mass is 10.0. The number of para-hydroxylation sites is 2. The molecule has 0 radical (unpaired) electrons. The van der Waals surface area contributed by atoms with Gasteiger partial charge in [-0.25, -0.2) is 9.78 Å². The average molecular weight is 366 g/mol. The van der Waals surface area contributed by atoms with E-state index in [0.717, 1.165) is 0 Å². The molecule has 27 heavy (non-hydrogen) atoms. The number of nitrogens with one attached hydrogen (secondary N) is 1. The van der Waals surface area contributed by atoms with E-state index in [4.69, 9.17) is 0 Å². The number of rotatable bonds is 6. The van der Waals surface area contributed by atoms with Gasteiger partial charge in [0, 0.05) is 17.2 Å². The molecule has 1 aromatic heterocycles. The summed E-state index contributed by atoms with van der Waals surface area (Å²) in [5.41, 5.74) is 1.64. The predicted molar refractivity (Wildman–Crippen MR) is 99.4 cm³/mol. The Balaban J connectivity index is 2.00. The molecule has 1 amide bonds. The molecule has 3 rings (SSSR count). The summed E-state index contributed by atoms with van der Waals surface area (Å²) in [4.78, 5) is 40.4. The molecule has 0 aliphatic rings. The first-order valence-electron chi connectivity index (χ1n) is 8.39. The molecule has 0 unspecified atom stereocenters. The predicted octanol–water partition coefficient (Wildman–Crippen LogP) is 2.52. The summed E-state index contributed by atoms with van der Waals surface area (Å²) >= 11 is 0. The van der Waals surface area contributed by atoms with Crippen molar-refractivity contribution in [2.75, 3.05) is 7.11 Å². The number of esters is 1. The van der Waals surface area contributed by atoms with E-state index in [1.807, 2.05) is 12.1 Å². The summed E-state index contributed by atoms with van der Waals surface area (Å²) < 4.78 is 4.53. The van der Waals surface area contributed by atoms with E-state index in [-0.39, 0.29) is 12.8 Å². The maximum atomic E-state index is 13.0. The van der Waals surface area contributed by atoms with Crippen molar-refractivity contribution in [2.45, 2.75) is 18.9 Å². The number of hydrogen-bond acceptors (Lipinski definition) is 5. The minimum atomic E-state index is -1.21. The highest BCUT2D eigenvalue weighted by molar-refractivity contribution is 6.16. The molecular formula is C20H18N2O5. The van der Waals surface area contributed by atoms with Gasteiger partial charge in [-0.1, -0.05) is 36.4 Å². The largest absolute Gasteiger partial charge is 0.480 e. The Kier molecular flexibility index (Phi) is 5.30.